The van der Waals surface area contributed by atoms with Crippen molar-refractivity contribution in [1.82, 2.24) is 14.8 Å². The lowest BCUT2D eigenvalue weighted by molar-refractivity contribution is -0.113. The van der Waals surface area contributed by atoms with Crippen molar-refractivity contribution in [3.63, 3.8) is 0 Å². The van der Waals surface area contributed by atoms with E-state index in [0.29, 0.717) is 39.4 Å². The van der Waals surface area contributed by atoms with Gasteiger partial charge in [0, 0.05) is 16.9 Å². The van der Waals surface area contributed by atoms with Crippen molar-refractivity contribution in [2.75, 3.05) is 17.7 Å². The third kappa shape index (κ3) is 4.99. The van der Waals surface area contributed by atoms with E-state index in [1.807, 2.05) is 19.1 Å². The zero-order chi connectivity index (χ0) is 25.9. The number of carbonyl (C=O) groups excluding carboxylic acids is 1. The first-order valence-corrected chi connectivity index (χ1v) is 11.8. The van der Waals surface area contributed by atoms with Gasteiger partial charge in [0.1, 0.15) is 36.3 Å². The van der Waals surface area contributed by atoms with Crippen LogP contribution in [0.5, 0.6) is 11.5 Å². The molecule has 3 aromatic carbocycles. The van der Waals surface area contributed by atoms with E-state index in [1.165, 1.54) is 12.4 Å². The van der Waals surface area contributed by atoms with Crippen molar-refractivity contribution >= 4 is 29.1 Å². The summed E-state index contributed by atoms with van der Waals surface area (Å²) in [4.78, 5) is 17.7. The number of methoxy groups -OCH3 is 1. The first-order chi connectivity index (χ1) is 17.9. The summed E-state index contributed by atoms with van der Waals surface area (Å²) in [5.41, 5.74) is 2.86. The molecule has 0 bridgehead atoms. The first-order valence-electron chi connectivity index (χ1n) is 11.4. The Balaban J connectivity index is 1.40. The third-order valence-electron chi connectivity index (χ3n) is 6.03. The van der Waals surface area contributed by atoms with Gasteiger partial charge >= 0.3 is 0 Å². The van der Waals surface area contributed by atoms with Gasteiger partial charge in [-0.3, -0.25) is 4.79 Å². The van der Waals surface area contributed by atoms with E-state index in [4.69, 9.17) is 21.1 Å². The zero-order valence-corrected chi connectivity index (χ0v) is 20.8. The number of carbonyl (C=O) groups is 1. The Hall–Kier alpha value is -4.37. The molecule has 1 amide bonds. The summed E-state index contributed by atoms with van der Waals surface area (Å²) < 4.78 is 26.7. The molecule has 1 aromatic heterocycles. The Bertz CT molecular complexity index is 1450. The van der Waals surface area contributed by atoms with Crippen molar-refractivity contribution in [3.05, 3.63) is 106 Å². The van der Waals surface area contributed by atoms with E-state index in [2.05, 4.69) is 20.7 Å². The molecule has 188 valence electrons. The van der Waals surface area contributed by atoms with Crippen LogP contribution in [-0.4, -0.2) is 27.8 Å². The smallest absolute Gasteiger partial charge is 0.255 e. The topological polar surface area (TPSA) is 90.3 Å². The third-order valence-corrected chi connectivity index (χ3v) is 6.38. The number of allylic oxidation sites excluding steroid dienone is 1. The summed E-state index contributed by atoms with van der Waals surface area (Å²) in [7, 11) is 1.58. The van der Waals surface area contributed by atoms with Crippen LogP contribution in [0.4, 0.5) is 16.0 Å². The van der Waals surface area contributed by atoms with Crippen LogP contribution in [0, 0.1) is 5.82 Å². The second-order valence-electron chi connectivity index (χ2n) is 8.33. The van der Waals surface area contributed by atoms with Gasteiger partial charge in [-0.2, -0.15) is 10.1 Å². The molecule has 0 aliphatic carbocycles. The average molecular weight is 520 g/mol. The molecule has 37 heavy (non-hydrogen) atoms. The van der Waals surface area contributed by atoms with E-state index < -0.39 is 11.9 Å². The van der Waals surface area contributed by atoms with Crippen LogP contribution in [0.15, 0.2) is 84.3 Å². The molecular weight excluding hydrogens is 497 g/mol. The van der Waals surface area contributed by atoms with Crippen molar-refractivity contribution in [1.29, 1.82) is 0 Å². The SMILES string of the molecule is COc1ccc(NC(=O)C2=C(C)Nc3ncnn3C2c2ccc(OCc3c(F)cccc3Cl)cc2)cc1. The van der Waals surface area contributed by atoms with Crippen LogP contribution in [0.2, 0.25) is 5.02 Å². The standard InChI is InChI=1S/C27H23ClFN5O3/c1-16-24(26(35)33-18-8-12-19(36-2)13-9-18)25(34-27(32-16)30-15-31-34)17-6-10-20(11-7-17)37-14-21-22(28)4-3-5-23(21)29/h3-13,15,25H,14H2,1-2H3,(H,33,35)(H,30,31,32). The molecule has 0 saturated heterocycles. The molecular formula is C27H23ClFN5O3. The van der Waals surface area contributed by atoms with Crippen molar-refractivity contribution < 1.29 is 18.7 Å². The summed E-state index contributed by atoms with van der Waals surface area (Å²) in [6, 6.07) is 18.3. The number of rotatable bonds is 7. The maximum absolute atomic E-state index is 14.1. The Kier molecular flexibility index (Phi) is 6.78. The number of hydrogen-bond donors (Lipinski definition) is 2. The molecule has 0 fully saturated rings. The Morgan fingerprint density at radius 2 is 1.84 bits per heavy atom. The Morgan fingerprint density at radius 3 is 2.54 bits per heavy atom. The minimum atomic E-state index is -0.535. The minimum Gasteiger partial charge on any atom is -0.497 e. The molecule has 1 aliphatic rings. The van der Waals surface area contributed by atoms with Crippen molar-refractivity contribution in [3.8, 4) is 11.5 Å². The van der Waals surface area contributed by atoms with E-state index >= 15 is 0 Å². The molecule has 0 radical (unpaired) electrons. The van der Waals surface area contributed by atoms with Crippen LogP contribution < -0.4 is 20.1 Å². The number of amides is 1. The molecule has 5 rings (SSSR count). The van der Waals surface area contributed by atoms with Gasteiger partial charge in [-0.05, 0) is 61.0 Å². The molecule has 2 N–H and O–H groups in total. The van der Waals surface area contributed by atoms with Gasteiger partial charge in [0.05, 0.1) is 17.7 Å². The number of hydrogen-bond acceptors (Lipinski definition) is 6. The highest BCUT2D eigenvalue weighted by Crippen LogP contribution is 2.36. The van der Waals surface area contributed by atoms with Gasteiger partial charge in [-0.25, -0.2) is 9.07 Å². The average Bonchev–Trinajstić information content (AvgIpc) is 3.36. The quantitative estimate of drug-likeness (QED) is 0.331. The molecule has 4 aromatic rings. The van der Waals surface area contributed by atoms with Gasteiger partial charge in [0.15, 0.2) is 0 Å². The predicted octanol–water partition coefficient (Wildman–Crippen LogP) is 5.59. The number of ether oxygens (including phenoxy) is 2. The van der Waals surface area contributed by atoms with Gasteiger partial charge in [0.25, 0.3) is 5.91 Å². The normalized spacial score (nSPS) is 14.5. The molecule has 1 atom stereocenters. The van der Waals surface area contributed by atoms with Crippen molar-refractivity contribution in [2.45, 2.75) is 19.6 Å². The summed E-state index contributed by atoms with van der Waals surface area (Å²) >= 11 is 6.10. The summed E-state index contributed by atoms with van der Waals surface area (Å²) in [6.07, 6.45) is 1.43. The first kappa shape index (κ1) is 24.3. The number of anilines is 2. The molecule has 1 unspecified atom stereocenters. The number of benzene rings is 3. The Morgan fingerprint density at radius 1 is 1.11 bits per heavy atom. The summed E-state index contributed by atoms with van der Waals surface area (Å²) in [5, 5.41) is 10.8. The van der Waals surface area contributed by atoms with E-state index in [0.717, 1.165) is 5.56 Å². The zero-order valence-electron chi connectivity index (χ0n) is 20.0. The molecule has 2 heterocycles. The highest BCUT2D eigenvalue weighted by molar-refractivity contribution is 6.31. The maximum atomic E-state index is 14.1. The number of nitrogens with one attached hydrogen (secondary N) is 2. The Labute approximate surface area is 217 Å². The van der Waals surface area contributed by atoms with Crippen molar-refractivity contribution in [2.24, 2.45) is 0 Å². The fraction of sp³-hybridized carbons (Fsp3) is 0.148. The second kappa shape index (κ2) is 10.3. The second-order valence-corrected chi connectivity index (χ2v) is 8.74. The summed E-state index contributed by atoms with van der Waals surface area (Å²) in [5.74, 6) is 1.04. The molecule has 0 saturated carbocycles. The number of aromatic nitrogens is 3. The fourth-order valence-electron chi connectivity index (χ4n) is 4.14. The van der Waals surface area contributed by atoms with Crippen LogP contribution in [0.25, 0.3) is 0 Å². The van der Waals surface area contributed by atoms with E-state index in [-0.39, 0.29) is 18.1 Å². The monoisotopic (exact) mass is 519 g/mol. The largest absolute Gasteiger partial charge is 0.497 e. The van der Waals surface area contributed by atoms with E-state index in [9.17, 15) is 9.18 Å². The van der Waals surface area contributed by atoms with E-state index in [1.54, 1.807) is 60.3 Å². The lowest BCUT2D eigenvalue weighted by Crippen LogP contribution is -2.31. The highest BCUT2D eigenvalue weighted by atomic mass is 35.5. The number of fused-ring (bicyclic) bond motifs is 1. The lowest BCUT2D eigenvalue weighted by Gasteiger charge is -2.28. The lowest BCUT2D eigenvalue weighted by atomic mass is 9.95. The predicted molar refractivity (Wildman–Crippen MR) is 138 cm³/mol. The van der Waals surface area contributed by atoms with Gasteiger partial charge < -0.3 is 20.1 Å². The minimum absolute atomic E-state index is 0.0139. The highest BCUT2D eigenvalue weighted by Gasteiger charge is 2.33. The van der Waals surface area contributed by atoms with Crippen LogP contribution in [0.1, 0.15) is 24.1 Å². The van der Waals surface area contributed by atoms with Crippen LogP contribution in [0.3, 0.4) is 0 Å². The maximum Gasteiger partial charge on any atom is 0.255 e. The molecule has 10 heteroatoms. The van der Waals surface area contributed by atoms with Crippen LogP contribution >= 0.6 is 11.6 Å². The van der Waals surface area contributed by atoms with Gasteiger partial charge in [-0.1, -0.05) is 29.8 Å². The molecule has 0 spiro atoms. The number of nitrogens with zero attached hydrogens (tertiary/aromatic N) is 3. The van der Waals surface area contributed by atoms with Crippen LogP contribution in [-0.2, 0) is 11.4 Å². The number of halogens is 2. The van der Waals surface area contributed by atoms with Gasteiger partial charge in [-0.15, -0.1) is 0 Å². The molecule has 1 aliphatic heterocycles. The fourth-order valence-corrected chi connectivity index (χ4v) is 4.36. The van der Waals surface area contributed by atoms with Gasteiger partial charge in [0.2, 0.25) is 5.95 Å². The summed E-state index contributed by atoms with van der Waals surface area (Å²) in [6.45, 7) is 1.81. The molecule has 8 nitrogen and oxygen atoms in total.